The fourth-order valence-electron chi connectivity index (χ4n) is 2.43. The minimum absolute atomic E-state index is 0.0148. The van der Waals surface area contributed by atoms with Crippen LogP contribution in [0.1, 0.15) is 23.2 Å². The lowest BCUT2D eigenvalue weighted by Crippen LogP contribution is -2.34. The number of nitrogens with one attached hydrogen (secondary N) is 1. The van der Waals surface area contributed by atoms with Gasteiger partial charge in [0.1, 0.15) is 6.54 Å². The molecule has 1 atom stereocenters. The molecule has 0 saturated carbocycles. The molecule has 0 bridgehead atoms. The highest BCUT2D eigenvalue weighted by molar-refractivity contribution is 5.93. The van der Waals surface area contributed by atoms with Crippen LogP contribution >= 0.6 is 0 Å². The Morgan fingerprint density at radius 3 is 2.79 bits per heavy atom. The van der Waals surface area contributed by atoms with Crippen molar-refractivity contribution in [2.75, 3.05) is 13.2 Å². The van der Waals surface area contributed by atoms with Crippen LogP contribution in [-0.2, 0) is 16.1 Å². The van der Waals surface area contributed by atoms with E-state index >= 15 is 0 Å². The van der Waals surface area contributed by atoms with E-state index in [1.54, 1.807) is 24.3 Å². The Hall–Kier alpha value is -2.81. The van der Waals surface area contributed by atoms with E-state index in [9.17, 15) is 9.59 Å². The minimum atomic E-state index is -0.499. The van der Waals surface area contributed by atoms with Crippen LogP contribution in [0.3, 0.4) is 0 Å². The first-order chi connectivity index (χ1) is 11.6. The normalized spacial score (nSPS) is 16.9. The largest absolute Gasteiger partial charge is 0.376 e. The number of nitrogens with zero attached hydrogens (tertiary/aromatic N) is 4. The zero-order valence-electron chi connectivity index (χ0n) is 13.0. The molecule has 0 radical (unpaired) electrons. The molecule has 126 valence electrons. The average molecular weight is 330 g/mol. The first-order valence-corrected chi connectivity index (χ1v) is 7.68. The first kappa shape index (κ1) is 16.1. The molecular formula is C15H18N6O3. The van der Waals surface area contributed by atoms with Gasteiger partial charge in [-0.3, -0.25) is 9.59 Å². The summed E-state index contributed by atoms with van der Waals surface area (Å²) in [6.07, 6.45) is 2.09. The van der Waals surface area contributed by atoms with E-state index in [2.05, 4.69) is 20.7 Å². The van der Waals surface area contributed by atoms with Gasteiger partial charge >= 0.3 is 0 Å². The summed E-state index contributed by atoms with van der Waals surface area (Å²) >= 11 is 0. The maximum absolute atomic E-state index is 11.9. The van der Waals surface area contributed by atoms with Crippen molar-refractivity contribution in [2.45, 2.75) is 25.5 Å². The molecule has 3 N–H and O–H groups in total. The third-order valence-corrected chi connectivity index (χ3v) is 3.72. The van der Waals surface area contributed by atoms with Gasteiger partial charge < -0.3 is 15.8 Å². The van der Waals surface area contributed by atoms with Crippen molar-refractivity contribution in [3.63, 3.8) is 0 Å². The number of carbonyl (C=O) groups is 2. The van der Waals surface area contributed by atoms with Crippen molar-refractivity contribution in [3.8, 4) is 11.4 Å². The van der Waals surface area contributed by atoms with Crippen molar-refractivity contribution < 1.29 is 14.3 Å². The number of rotatable bonds is 6. The Bertz CT molecular complexity index is 721. The maximum atomic E-state index is 11.9. The molecular weight excluding hydrogens is 312 g/mol. The molecule has 0 spiro atoms. The van der Waals surface area contributed by atoms with Crippen LogP contribution in [0.4, 0.5) is 0 Å². The molecule has 1 aliphatic heterocycles. The summed E-state index contributed by atoms with van der Waals surface area (Å²) < 4.78 is 5.44. The lowest BCUT2D eigenvalue weighted by molar-refractivity contribution is -0.122. The number of amides is 2. The Morgan fingerprint density at radius 2 is 2.12 bits per heavy atom. The van der Waals surface area contributed by atoms with Crippen LogP contribution in [0.15, 0.2) is 24.3 Å². The molecule has 9 nitrogen and oxygen atoms in total. The maximum Gasteiger partial charge on any atom is 0.248 e. The highest BCUT2D eigenvalue weighted by Gasteiger charge is 2.16. The van der Waals surface area contributed by atoms with Crippen molar-refractivity contribution >= 4 is 11.8 Å². The predicted octanol–water partition coefficient (Wildman–Crippen LogP) is -0.266. The van der Waals surface area contributed by atoms with Gasteiger partial charge in [0.2, 0.25) is 17.6 Å². The molecule has 1 saturated heterocycles. The Kier molecular flexibility index (Phi) is 4.80. The zero-order valence-corrected chi connectivity index (χ0v) is 13.0. The van der Waals surface area contributed by atoms with Gasteiger partial charge in [-0.1, -0.05) is 12.1 Å². The summed E-state index contributed by atoms with van der Waals surface area (Å²) in [7, 11) is 0. The average Bonchev–Trinajstić information content (AvgIpc) is 3.25. The minimum Gasteiger partial charge on any atom is -0.376 e. The second-order valence-electron chi connectivity index (χ2n) is 5.52. The summed E-state index contributed by atoms with van der Waals surface area (Å²) in [5.41, 5.74) is 6.28. The summed E-state index contributed by atoms with van der Waals surface area (Å²) in [6, 6.07) is 6.54. The number of nitrogens with two attached hydrogens (primary N) is 1. The topological polar surface area (TPSA) is 125 Å². The van der Waals surface area contributed by atoms with Crippen LogP contribution in [-0.4, -0.2) is 51.3 Å². The van der Waals surface area contributed by atoms with E-state index in [4.69, 9.17) is 10.5 Å². The summed E-state index contributed by atoms with van der Waals surface area (Å²) in [5.74, 6) is -0.322. The van der Waals surface area contributed by atoms with Gasteiger partial charge in [0, 0.05) is 24.3 Å². The molecule has 1 aromatic heterocycles. The van der Waals surface area contributed by atoms with Crippen LogP contribution in [0.2, 0.25) is 0 Å². The molecule has 0 unspecified atom stereocenters. The van der Waals surface area contributed by atoms with Crippen LogP contribution in [0.25, 0.3) is 11.4 Å². The Balaban J connectivity index is 1.56. The number of hydrogen-bond donors (Lipinski definition) is 2. The Morgan fingerprint density at radius 1 is 1.33 bits per heavy atom. The molecule has 1 fully saturated rings. The second kappa shape index (κ2) is 7.18. The third kappa shape index (κ3) is 3.93. The highest BCUT2D eigenvalue weighted by atomic mass is 16.5. The van der Waals surface area contributed by atoms with Crippen molar-refractivity contribution in [2.24, 2.45) is 5.73 Å². The number of hydrogen-bond acceptors (Lipinski definition) is 6. The lowest BCUT2D eigenvalue weighted by Gasteiger charge is -2.10. The quantitative estimate of drug-likeness (QED) is 0.751. The van der Waals surface area contributed by atoms with Gasteiger partial charge in [-0.15, -0.1) is 10.2 Å². The third-order valence-electron chi connectivity index (χ3n) is 3.72. The van der Waals surface area contributed by atoms with Gasteiger partial charge in [-0.05, 0) is 30.2 Å². The lowest BCUT2D eigenvalue weighted by atomic mass is 10.1. The monoisotopic (exact) mass is 330 g/mol. The standard InChI is InChI=1S/C15H18N6O3/c16-14(23)10-3-5-11(6-4-10)15-18-20-21(19-15)9-13(22)17-8-12-2-1-7-24-12/h3-6,12H,1-2,7-9H2,(H2,16,23)(H,17,22)/t12-/m0/s1. The van der Waals surface area contributed by atoms with Gasteiger partial charge in [0.05, 0.1) is 6.10 Å². The van der Waals surface area contributed by atoms with Crippen molar-refractivity contribution in [1.29, 1.82) is 0 Å². The molecule has 1 aliphatic rings. The number of tetrazole rings is 1. The number of carbonyl (C=O) groups excluding carboxylic acids is 2. The number of aromatic nitrogens is 4. The molecule has 3 rings (SSSR count). The SMILES string of the molecule is NC(=O)c1ccc(-c2nnn(CC(=O)NC[C@@H]3CCCO3)n2)cc1. The van der Waals surface area contributed by atoms with Gasteiger partial charge in [-0.2, -0.15) is 4.80 Å². The van der Waals surface area contributed by atoms with Crippen LogP contribution in [0, 0.1) is 0 Å². The zero-order chi connectivity index (χ0) is 16.9. The van der Waals surface area contributed by atoms with E-state index in [0.717, 1.165) is 19.4 Å². The fourth-order valence-corrected chi connectivity index (χ4v) is 2.43. The molecule has 2 amide bonds. The van der Waals surface area contributed by atoms with Crippen LogP contribution in [0.5, 0.6) is 0 Å². The van der Waals surface area contributed by atoms with Gasteiger partial charge in [0.15, 0.2) is 0 Å². The van der Waals surface area contributed by atoms with E-state index in [-0.39, 0.29) is 18.6 Å². The molecule has 2 aromatic rings. The summed E-state index contributed by atoms with van der Waals surface area (Å²) in [5, 5.41) is 14.7. The van der Waals surface area contributed by atoms with E-state index in [1.807, 2.05) is 0 Å². The smallest absolute Gasteiger partial charge is 0.248 e. The molecule has 24 heavy (non-hydrogen) atoms. The molecule has 0 aliphatic carbocycles. The summed E-state index contributed by atoms with van der Waals surface area (Å²) in [6.45, 7) is 1.23. The fraction of sp³-hybridized carbons (Fsp3) is 0.400. The number of primary amides is 1. The second-order valence-corrected chi connectivity index (χ2v) is 5.52. The van der Waals surface area contributed by atoms with Crippen molar-refractivity contribution in [1.82, 2.24) is 25.5 Å². The van der Waals surface area contributed by atoms with E-state index in [1.165, 1.54) is 4.80 Å². The van der Waals surface area contributed by atoms with E-state index < -0.39 is 5.91 Å². The molecule has 9 heteroatoms. The number of benzene rings is 1. The molecule has 1 aromatic carbocycles. The van der Waals surface area contributed by atoms with E-state index in [0.29, 0.717) is 23.5 Å². The van der Waals surface area contributed by atoms with Crippen LogP contribution < -0.4 is 11.1 Å². The Labute approximate surface area is 138 Å². The molecule has 2 heterocycles. The van der Waals surface area contributed by atoms with Crippen molar-refractivity contribution in [3.05, 3.63) is 29.8 Å². The van der Waals surface area contributed by atoms with Gasteiger partial charge in [-0.25, -0.2) is 0 Å². The number of ether oxygens (including phenoxy) is 1. The summed E-state index contributed by atoms with van der Waals surface area (Å²) in [4.78, 5) is 24.2. The van der Waals surface area contributed by atoms with Gasteiger partial charge in [0.25, 0.3) is 0 Å². The first-order valence-electron chi connectivity index (χ1n) is 7.68. The predicted molar refractivity (Wildman–Crippen MR) is 83.8 cm³/mol. The highest BCUT2D eigenvalue weighted by Crippen LogP contribution is 2.14.